The van der Waals surface area contributed by atoms with Crippen molar-refractivity contribution in [1.29, 1.82) is 0 Å². The molecule has 0 radical (unpaired) electrons. The molecule has 0 amide bonds. The SMILES string of the molecule is CC1=Nc2ccc(C)cc2/C1=C\c1sc(=S)n(-c2ccc(Cl)cc2Cl)c1O. The fraction of sp³-hybridized carbons (Fsp3) is 0.100. The molecule has 0 bridgehead atoms. The van der Waals surface area contributed by atoms with Crippen LogP contribution in [-0.2, 0) is 0 Å². The van der Waals surface area contributed by atoms with Crippen molar-refractivity contribution in [2.45, 2.75) is 13.8 Å². The molecule has 0 aliphatic carbocycles. The Bertz CT molecular complexity index is 1210. The number of hydrogen-bond acceptors (Lipinski definition) is 4. The van der Waals surface area contributed by atoms with Crippen LogP contribution in [0.2, 0.25) is 10.0 Å². The first kappa shape index (κ1) is 18.4. The summed E-state index contributed by atoms with van der Waals surface area (Å²) < 4.78 is 2.06. The molecule has 2 aromatic carbocycles. The summed E-state index contributed by atoms with van der Waals surface area (Å²) in [4.78, 5) is 5.27. The third-order valence-electron chi connectivity index (χ3n) is 4.36. The molecule has 0 saturated carbocycles. The first-order chi connectivity index (χ1) is 12.8. The number of aliphatic imine (C=N–C) groups is 1. The topological polar surface area (TPSA) is 37.5 Å². The van der Waals surface area contributed by atoms with Gasteiger partial charge in [0.1, 0.15) is 0 Å². The maximum absolute atomic E-state index is 10.8. The van der Waals surface area contributed by atoms with E-state index in [0.717, 1.165) is 28.1 Å². The van der Waals surface area contributed by atoms with Gasteiger partial charge in [-0.05, 0) is 62.5 Å². The molecule has 27 heavy (non-hydrogen) atoms. The van der Waals surface area contributed by atoms with Crippen molar-refractivity contribution in [3.63, 3.8) is 0 Å². The minimum atomic E-state index is 0.0515. The van der Waals surface area contributed by atoms with Gasteiger partial charge >= 0.3 is 0 Å². The largest absolute Gasteiger partial charge is 0.493 e. The highest BCUT2D eigenvalue weighted by Crippen LogP contribution is 2.40. The zero-order valence-electron chi connectivity index (χ0n) is 14.5. The lowest BCUT2D eigenvalue weighted by Gasteiger charge is -2.08. The van der Waals surface area contributed by atoms with Crippen LogP contribution in [0.3, 0.4) is 0 Å². The lowest BCUT2D eigenvalue weighted by molar-refractivity contribution is 0.441. The number of allylic oxidation sites excluding steroid dienone is 1. The van der Waals surface area contributed by atoms with E-state index in [-0.39, 0.29) is 5.88 Å². The van der Waals surface area contributed by atoms with Gasteiger partial charge in [0.2, 0.25) is 5.88 Å². The van der Waals surface area contributed by atoms with Crippen LogP contribution in [0.15, 0.2) is 41.4 Å². The van der Waals surface area contributed by atoms with Gasteiger partial charge in [-0.15, -0.1) is 11.3 Å². The van der Waals surface area contributed by atoms with Crippen molar-refractivity contribution in [2.75, 3.05) is 0 Å². The molecule has 136 valence electrons. The maximum atomic E-state index is 10.8. The molecule has 7 heteroatoms. The Hall–Kier alpha value is -1.92. The summed E-state index contributed by atoms with van der Waals surface area (Å²) >= 11 is 19.1. The van der Waals surface area contributed by atoms with E-state index in [1.807, 2.05) is 32.1 Å². The van der Waals surface area contributed by atoms with Crippen LogP contribution in [0.1, 0.15) is 22.9 Å². The molecule has 0 unspecified atom stereocenters. The van der Waals surface area contributed by atoms with Crippen LogP contribution in [-0.4, -0.2) is 15.4 Å². The number of aromatic nitrogens is 1. The number of benzene rings is 2. The summed E-state index contributed by atoms with van der Waals surface area (Å²) in [5.41, 5.74) is 5.64. The smallest absolute Gasteiger partial charge is 0.215 e. The minimum Gasteiger partial charge on any atom is -0.493 e. The number of thiazole rings is 1. The second kappa shape index (κ2) is 6.91. The average molecular weight is 433 g/mol. The van der Waals surface area contributed by atoms with E-state index in [2.05, 4.69) is 11.1 Å². The number of nitrogens with zero attached hydrogens (tertiary/aromatic N) is 2. The Kier molecular flexibility index (Phi) is 4.72. The monoisotopic (exact) mass is 432 g/mol. The fourth-order valence-corrected chi connectivity index (χ4v) is 4.83. The van der Waals surface area contributed by atoms with E-state index in [1.165, 1.54) is 11.3 Å². The van der Waals surface area contributed by atoms with E-state index in [1.54, 1.807) is 22.8 Å². The zero-order valence-corrected chi connectivity index (χ0v) is 17.6. The number of aryl methyl sites for hydroxylation is 1. The van der Waals surface area contributed by atoms with Crippen molar-refractivity contribution in [2.24, 2.45) is 4.99 Å². The highest BCUT2D eigenvalue weighted by Gasteiger charge is 2.20. The Labute approximate surface area is 175 Å². The van der Waals surface area contributed by atoms with Crippen LogP contribution in [0, 0.1) is 10.9 Å². The Morgan fingerprint density at radius 1 is 1.15 bits per heavy atom. The predicted molar refractivity (Wildman–Crippen MR) is 118 cm³/mol. The van der Waals surface area contributed by atoms with Gasteiger partial charge in [-0.3, -0.25) is 9.56 Å². The maximum Gasteiger partial charge on any atom is 0.215 e. The van der Waals surface area contributed by atoms with Crippen molar-refractivity contribution in [3.05, 3.63) is 66.4 Å². The first-order valence-corrected chi connectivity index (χ1v) is 10.1. The summed E-state index contributed by atoms with van der Waals surface area (Å²) in [6.07, 6.45) is 1.93. The van der Waals surface area contributed by atoms with Gasteiger partial charge in [0, 0.05) is 21.9 Å². The Morgan fingerprint density at radius 2 is 1.93 bits per heavy atom. The molecule has 1 aliphatic rings. The minimum absolute atomic E-state index is 0.0515. The molecule has 3 nitrogen and oxygen atoms in total. The quantitative estimate of drug-likeness (QED) is 0.433. The molecule has 4 rings (SSSR count). The third kappa shape index (κ3) is 3.25. The molecule has 1 N–H and O–H groups in total. The van der Waals surface area contributed by atoms with Crippen molar-refractivity contribution >= 4 is 69.8 Å². The lowest BCUT2D eigenvalue weighted by atomic mass is 10.0. The summed E-state index contributed by atoms with van der Waals surface area (Å²) in [6.45, 7) is 4.01. The van der Waals surface area contributed by atoms with Gasteiger partial charge in [0.05, 0.1) is 21.3 Å². The molecule has 0 fully saturated rings. The van der Waals surface area contributed by atoms with Crippen LogP contribution < -0.4 is 0 Å². The second-order valence-electron chi connectivity index (χ2n) is 6.26. The van der Waals surface area contributed by atoms with E-state index >= 15 is 0 Å². The van der Waals surface area contributed by atoms with Gasteiger partial charge in [-0.2, -0.15) is 0 Å². The normalized spacial score (nSPS) is 14.5. The van der Waals surface area contributed by atoms with E-state index in [9.17, 15) is 5.11 Å². The average Bonchev–Trinajstić information content (AvgIpc) is 3.05. The van der Waals surface area contributed by atoms with Crippen molar-refractivity contribution in [1.82, 2.24) is 4.57 Å². The van der Waals surface area contributed by atoms with Crippen LogP contribution in [0.4, 0.5) is 5.69 Å². The Balaban J connectivity index is 1.86. The molecular formula is C20H14Cl2N2OS2. The van der Waals surface area contributed by atoms with E-state index < -0.39 is 0 Å². The molecule has 0 atom stereocenters. The van der Waals surface area contributed by atoms with Gasteiger partial charge in [0.15, 0.2) is 3.95 Å². The van der Waals surface area contributed by atoms with Crippen molar-refractivity contribution in [3.8, 4) is 11.6 Å². The molecule has 2 heterocycles. The lowest BCUT2D eigenvalue weighted by Crippen LogP contribution is -1.94. The molecule has 0 saturated heterocycles. The van der Waals surface area contributed by atoms with Crippen molar-refractivity contribution < 1.29 is 5.11 Å². The van der Waals surface area contributed by atoms with E-state index in [0.29, 0.717) is 24.6 Å². The second-order valence-corrected chi connectivity index (χ2v) is 8.78. The molecule has 1 aliphatic heterocycles. The summed E-state index contributed by atoms with van der Waals surface area (Å²) in [5, 5.41) is 11.8. The fourth-order valence-electron chi connectivity index (χ4n) is 3.06. The summed E-state index contributed by atoms with van der Waals surface area (Å²) in [5.74, 6) is 0.0515. The van der Waals surface area contributed by atoms with E-state index in [4.69, 9.17) is 35.4 Å². The highest BCUT2D eigenvalue weighted by molar-refractivity contribution is 7.73. The van der Waals surface area contributed by atoms with Gasteiger partial charge < -0.3 is 5.11 Å². The highest BCUT2D eigenvalue weighted by atomic mass is 35.5. The number of fused-ring (bicyclic) bond motifs is 1. The van der Waals surface area contributed by atoms with Crippen LogP contribution >= 0.6 is 46.8 Å². The van der Waals surface area contributed by atoms with Crippen LogP contribution in [0.5, 0.6) is 5.88 Å². The predicted octanol–water partition coefficient (Wildman–Crippen LogP) is 7.24. The summed E-state index contributed by atoms with van der Waals surface area (Å²) in [6, 6.07) is 11.2. The van der Waals surface area contributed by atoms with Gasteiger partial charge in [-0.1, -0.05) is 34.8 Å². The summed E-state index contributed by atoms with van der Waals surface area (Å²) in [7, 11) is 0. The number of halogens is 2. The molecule has 3 aromatic rings. The Morgan fingerprint density at radius 3 is 2.67 bits per heavy atom. The molecule has 1 aromatic heterocycles. The number of rotatable bonds is 2. The molecule has 0 spiro atoms. The molecular weight excluding hydrogens is 419 g/mol. The van der Waals surface area contributed by atoms with Gasteiger partial charge in [-0.25, -0.2) is 0 Å². The van der Waals surface area contributed by atoms with Gasteiger partial charge in [0.25, 0.3) is 0 Å². The first-order valence-electron chi connectivity index (χ1n) is 8.14. The number of hydrogen-bond donors (Lipinski definition) is 1. The standard InChI is InChI=1S/C20H14Cl2N2OS2/c1-10-3-5-16-14(7-10)13(11(2)23-16)9-18-19(25)24(20(26)27-18)17-6-4-12(21)8-15(17)22/h3-9,25H,1-2H3/b13-9-. The number of aromatic hydroxyl groups is 1. The third-order valence-corrected chi connectivity index (χ3v) is 6.21. The zero-order chi connectivity index (χ0) is 19.3. The van der Waals surface area contributed by atoms with Crippen LogP contribution in [0.25, 0.3) is 17.3 Å².